The van der Waals surface area contributed by atoms with Crippen LogP contribution < -0.4 is 4.74 Å². The van der Waals surface area contributed by atoms with Gasteiger partial charge in [-0.3, -0.25) is 9.79 Å². The Kier molecular flexibility index (Phi) is 5.71. The number of aliphatic imine (C=N–C) groups is 1. The number of phenolic OH excluding ortho intramolecular Hbond substituents is 1. The molecule has 1 aromatic rings. The van der Waals surface area contributed by atoms with Crippen LogP contribution in [-0.4, -0.2) is 23.7 Å². The SMILES string of the molecule is CCCC1CC(=O)C2=C(C1)N=C(C)C(C#N)C2c1cc(Br)c(O)c(OC)c1. The van der Waals surface area contributed by atoms with Gasteiger partial charge in [0.05, 0.1) is 23.6 Å². The summed E-state index contributed by atoms with van der Waals surface area (Å²) in [4.78, 5) is 17.7. The van der Waals surface area contributed by atoms with Gasteiger partial charge in [0.1, 0.15) is 0 Å². The Bertz CT molecular complexity index is 882. The number of hydrogen-bond acceptors (Lipinski definition) is 5. The first-order chi connectivity index (χ1) is 12.9. The van der Waals surface area contributed by atoms with Gasteiger partial charge in [-0.25, -0.2) is 0 Å². The third-order valence-electron chi connectivity index (χ3n) is 5.44. The van der Waals surface area contributed by atoms with Crippen molar-refractivity contribution in [1.29, 1.82) is 5.26 Å². The van der Waals surface area contributed by atoms with Crippen molar-refractivity contribution in [1.82, 2.24) is 0 Å². The molecule has 3 rings (SSSR count). The molecule has 0 bridgehead atoms. The first-order valence-electron chi connectivity index (χ1n) is 9.18. The lowest BCUT2D eigenvalue weighted by Gasteiger charge is -2.35. The van der Waals surface area contributed by atoms with E-state index < -0.39 is 11.8 Å². The number of methoxy groups -OCH3 is 1. The van der Waals surface area contributed by atoms with E-state index in [-0.39, 0.29) is 11.5 Å². The lowest BCUT2D eigenvalue weighted by molar-refractivity contribution is -0.117. The van der Waals surface area contributed by atoms with Crippen molar-refractivity contribution in [3.63, 3.8) is 0 Å². The summed E-state index contributed by atoms with van der Waals surface area (Å²) in [7, 11) is 1.48. The van der Waals surface area contributed by atoms with Crippen LogP contribution in [-0.2, 0) is 4.79 Å². The molecule has 0 saturated heterocycles. The minimum Gasteiger partial charge on any atom is -0.503 e. The third kappa shape index (κ3) is 3.53. The van der Waals surface area contributed by atoms with Crippen molar-refractivity contribution >= 4 is 27.4 Å². The molecular weight excluding hydrogens is 408 g/mol. The molecule has 0 fully saturated rings. The van der Waals surface area contributed by atoms with Crippen LogP contribution in [0.4, 0.5) is 0 Å². The van der Waals surface area contributed by atoms with Gasteiger partial charge >= 0.3 is 0 Å². The summed E-state index contributed by atoms with van der Waals surface area (Å²) in [5.74, 6) is -0.203. The number of carbonyl (C=O) groups excluding carboxylic acids is 1. The molecule has 0 amide bonds. The Morgan fingerprint density at radius 1 is 1.41 bits per heavy atom. The Hall–Kier alpha value is -2.13. The second-order valence-corrected chi connectivity index (χ2v) is 8.09. The van der Waals surface area contributed by atoms with Crippen molar-refractivity contribution in [2.75, 3.05) is 7.11 Å². The van der Waals surface area contributed by atoms with Gasteiger partial charge in [-0.15, -0.1) is 0 Å². The highest BCUT2D eigenvalue weighted by atomic mass is 79.9. The number of nitriles is 1. The van der Waals surface area contributed by atoms with Crippen LogP contribution in [0.1, 0.15) is 51.0 Å². The molecule has 5 nitrogen and oxygen atoms in total. The van der Waals surface area contributed by atoms with Crippen LogP contribution >= 0.6 is 15.9 Å². The van der Waals surface area contributed by atoms with Crippen LogP contribution in [0.25, 0.3) is 0 Å². The van der Waals surface area contributed by atoms with Gasteiger partial charge in [0.2, 0.25) is 0 Å². The number of rotatable bonds is 4. The Morgan fingerprint density at radius 3 is 2.78 bits per heavy atom. The second kappa shape index (κ2) is 7.85. The molecule has 3 unspecified atom stereocenters. The number of carbonyl (C=O) groups is 1. The average Bonchev–Trinajstić information content (AvgIpc) is 2.63. The van der Waals surface area contributed by atoms with Gasteiger partial charge in [-0.05, 0) is 59.3 Å². The summed E-state index contributed by atoms with van der Waals surface area (Å²) in [6.45, 7) is 3.98. The van der Waals surface area contributed by atoms with Crippen molar-refractivity contribution < 1.29 is 14.6 Å². The number of Topliss-reactive ketones (excluding diaryl/α,β-unsaturated/α-hetero) is 1. The lowest BCUT2D eigenvalue weighted by Crippen LogP contribution is -2.32. The number of ether oxygens (including phenoxy) is 1. The number of nitrogens with zero attached hydrogens (tertiary/aromatic N) is 2. The van der Waals surface area contributed by atoms with E-state index in [1.807, 2.05) is 6.92 Å². The molecule has 1 aliphatic heterocycles. The molecular formula is C21H23BrN2O3. The molecule has 0 radical (unpaired) electrons. The number of phenols is 1. The zero-order chi connectivity index (χ0) is 19.7. The summed E-state index contributed by atoms with van der Waals surface area (Å²) in [5, 5.41) is 19.9. The topological polar surface area (TPSA) is 82.7 Å². The van der Waals surface area contributed by atoms with Gasteiger partial charge < -0.3 is 9.84 Å². The van der Waals surface area contributed by atoms with Crippen LogP contribution in [0.5, 0.6) is 11.5 Å². The van der Waals surface area contributed by atoms with E-state index >= 15 is 0 Å². The molecule has 27 heavy (non-hydrogen) atoms. The van der Waals surface area contributed by atoms with Gasteiger partial charge in [0, 0.05) is 29.3 Å². The maximum absolute atomic E-state index is 13.0. The van der Waals surface area contributed by atoms with Crippen molar-refractivity contribution in [2.45, 2.75) is 45.4 Å². The van der Waals surface area contributed by atoms with E-state index in [4.69, 9.17) is 4.74 Å². The molecule has 2 aliphatic rings. The summed E-state index contributed by atoms with van der Waals surface area (Å²) in [6.07, 6.45) is 3.32. The Morgan fingerprint density at radius 2 is 2.15 bits per heavy atom. The summed E-state index contributed by atoms with van der Waals surface area (Å²) < 4.78 is 5.75. The summed E-state index contributed by atoms with van der Waals surface area (Å²) in [5.41, 5.74) is 2.97. The highest BCUT2D eigenvalue weighted by molar-refractivity contribution is 9.10. The molecule has 0 spiro atoms. The Balaban J connectivity index is 2.15. The largest absolute Gasteiger partial charge is 0.503 e. The van der Waals surface area contributed by atoms with Crippen LogP contribution in [0.2, 0.25) is 0 Å². The number of aromatic hydroxyl groups is 1. The summed E-state index contributed by atoms with van der Waals surface area (Å²) in [6, 6.07) is 5.81. The maximum Gasteiger partial charge on any atom is 0.172 e. The van der Waals surface area contributed by atoms with E-state index in [1.54, 1.807) is 12.1 Å². The van der Waals surface area contributed by atoms with Crippen LogP contribution in [0, 0.1) is 23.2 Å². The zero-order valence-corrected chi connectivity index (χ0v) is 17.3. The fourth-order valence-corrected chi connectivity index (χ4v) is 4.67. The van der Waals surface area contributed by atoms with Crippen LogP contribution in [0.15, 0.2) is 32.9 Å². The standard InChI is InChI=1S/C21H23BrN2O3/c1-4-5-12-6-16-20(17(25)7-12)19(14(10-23)11(2)24-16)13-8-15(22)21(26)18(9-13)27-3/h8-9,12,14,19,26H,4-7H2,1-3H3. The molecule has 1 heterocycles. The summed E-state index contributed by atoms with van der Waals surface area (Å²) >= 11 is 3.35. The monoisotopic (exact) mass is 430 g/mol. The smallest absolute Gasteiger partial charge is 0.172 e. The van der Waals surface area contributed by atoms with Gasteiger partial charge in [0.25, 0.3) is 0 Å². The molecule has 1 N–H and O–H groups in total. The first-order valence-corrected chi connectivity index (χ1v) is 9.97. The number of halogens is 1. The van der Waals surface area contributed by atoms with Crippen molar-refractivity contribution in [3.05, 3.63) is 33.4 Å². The van der Waals surface area contributed by atoms with E-state index in [1.165, 1.54) is 7.11 Å². The van der Waals surface area contributed by atoms with E-state index in [2.05, 4.69) is 33.9 Å². The first kappa shape index (κ1) is 19.6. The fraction of sp³-hybridized carbons (Fsp3) is 0.476. The highest BCUT2D eigenvalue weighted by Gasteiger charge is 2.41. The average molecular weight is 431 g/mol. The van der Waals surface area contributed by atoms with Crippen molar-refractivity contribution in [2.24, 2.45) is 16.8 Å². The number of ketones is 1. The number of hydrogen-bond donors (Lipinski definition) is 1. The van der Waals surface area contributed by atoms with Gasteiger partial charge in [-0.1, -0.05) is 13.3 Å². The molecule has 3 atom stereocenters. The van der Waals surface area contributed by atoms with E-state index in [9.17, 15) is 15.2 Å². The molecule has 0 aromatic heterocycles. The van der Waals surface area contributed by atoms with Crippen LogP contribution in [0.3, 0.4) is 0 Å². The van der Waals surface area contributed by atoms with Gasteiger partial charge in [-0.2, -0.15) is 5.26 Å². The van der Waals surface area contributed by atoms with E-state index in [0.717, 1.165) is 36.2 Å². The molecule has 142 valence electrons. The second-order valence-electron chi connectivity index (χ2n) is 7.24. The predicted octanol–water partition coefficient (Wildman–Crippen LogP) is 4.89. The molecule has 1 aliphatic carbocycles. The lowest BCUT2D eigenvalue weighted by atomic mass is 9.70. The zero-order valence-electron chi connectivity index (χ0n) is 15.8. The molecule has 1 aromatic carbocycles. The Labute approximate surface area is 167 Å². The maximum atomic E-state index is 13.0. The predicted molar refractivity (Wildman–Crippen MR) is 107 cm³/mol. The molecule has 6 heteroatoms. The van der Waals surface area contributed by atoms with Gasteiger partial charge in [0.15, 0.2) is 17.3 Å². The third-order valence-corrected chi connectivity index (χ3v) is 6.04. The molecule has 0 saturated carbocycles. The number of benzene rings is 1. The number of allylic oxidation sites excluding steroid dienone is 2. The minimum atomic E-state index is -0.517. The highest BCUT2D eigenvalue weighted by Crippen LogP contribution is 2.47. The quantitative estimate of drug-likeness (QED) is 0.736. The van der Waals surface area contributed by atoms with E-state index in [0.29, 0.717) is 28.1 Å². The van der Waals surface area contributed by atoms with Crippen molar-refractivity contribution in [3.8, 4) is 17.6 Å². The fourth-order valence-electron chi connectivity index (χ4n) is 4.21. The minimum absolute atomic E-state index is 0.00291. The normalized spacial score (nSPS) is 24.9.